The minimum absolute atomic E-state index is 0.128. The fourth-order valence-corrected chi connectivity index (χ4v) is 2.43. The van der Waals surface area contributed by atoms with Crippen molar-refractivity contribution in [1.29, 1.82) is 0 Å². The van der Waals surface area contributed by atoms with Gasteiger partial charge in [-0.05, 0) is 37.3 Å². The van der Waals surface area contributed by atoms with Gasteiger partial charge in [-0.1, -0.05) is 6.07 Å². The average Bonchev–Trinajstić information content (AvgIpc) is 2.68. The van der Waals surface area contributed by atoms with Crippen LogP contribution in [-0.2, 0) is 6.18 Å². The third-order valence-corrected chi connectivity index (χ3v) is 3.80. The number of nitrogens with zero attached hydrogens (tertiary/aromatic N) is 3. The van der Waals surface area contributed by atoms with E-state index in [1.165, 1.54) is 12.1 Å². The number of halogens is 3. The number of hydrogen-bond acceptors (Lipinski definition) is 6. The van der Waals surface area contributed by atoms with Gasteiger partial charge in [0.1, 0.15) is 5.82 Å². The number of benzene rings is 1. The van der Waals surface area contributed by atoms with Crippen LogP contribution in [0.25, 0.3) is 11.3 Å². The topological polar surface area (TPSA) is 83.0 Å². The zero-order valence-electron chi connectivity index (χ0n) is 14.9. The lowest BCUT2D eigenvalue weighted by Crippen LogP contribution is -2.21. The molecule has 3 aromatic rings. The van der Waals surface area contributed by atoms with Crippen LogP contribution in [0.5, 0.6) is 0 Å². The molecule has 0 saturated heterocycles. The normalized spacial score (nSPS) is 12.5. The van der Waals surface area contributed by atoms with E-state index in [4.69, 9.17) is 0 Å². The molecule has 9 heteroatoms. The molecule has 6 nitrogen and oxygen atoms in total. The molecular formula is C19H18F3N5O. The minimum Gasteiger partial charge on any atom is -0.394 e. The number of pyridine rings is 1. The summed E-state index contributed by atoms with van der Waals surface area (Å²) >= 11 is 0. The van der Waals surface area contributed by atoms with Gasteiger partial charge in [-0.15, -0.1) is 0 Å². The monoisotopic (exact) mass is 389 g/mol. The van der Waals surface area contributed by atoms with Crippen LogP contribution in [-0.4, -0.2) is 32.7 Å². The molecule has 2 heterocycles. The summed E-state index contributed by atoms with van der Waals surface area (Å²) in [7, 11) is 0. The highest BCUT2D eigenvalue weighted by Crippen LogP contribution is 2.31. The van der Waals surface area contributed by atoms with Crippen molar-refractivity contribution in [2.45, 2.75) is 19.1 Å². The minimum atomic E-state index is -4.44. The molecular weight excluding hydrogens is 371 g/mol. The van der Waals surface area contributed by atoms with Crippen molar-refractivity contribution in [2.24, 2.45) is 0 Å². The van der Waals surface area contributed by atoms with E-state index >= 15 is 0 Å². The third-order valence-electron chi connectivity index (χ3n) is 3.80. The molecule has 0 spiro atoms. The van der Waals surface area contributed by atoms with Gasteiger partial charge in [-0.25, -0.2) is 4.98 Å². The van der Waals surface area contributed by atoms with Gasteiger partial charge in [0.05, 0.1) is 17.9 Å². The molecule has 3 rings (SSSR count). The van der Waals surface area contributed by atoms with E-state index in [1.54, 1.807) is 31.5 Å². The van der Waals surface area contributed by atoms with Crippen molar-refractivity contribution in [1.82, 2.24) is 15.0 Å². The van der Waals surface area contributed by atoms with E-state index in [0.29, 0.717) is 11.5 Å². The Kier molecular flexibility index (Phi) is 5.74. The van der Waals surface area contributed by atoms with Gasteiger partial charge < -0.3 is 15.7 Å². The van der Waals surface area contributed by atoms with Crippen LogP contribution in [0.1, 0.15) is 12.5 Å². The second-order valence-electron chi connectivity index (χ2n) is 6.14. The SMILES string of the molecule is C[C@H](CO)Nc1nc(Nc2cccc(C(F)(F)F)c2)cc(-c2cccnc2)n1. The Labute approximate surface area is 159 Å². The van der Waals surface area contributed by atoms with E-state index in [0.717, 1.165) is 17.7 Å². The van der Waals surface area contributed by atoms with E-state index < -0.39 is 11.7 Å². The maximum Gasteiger partial charge on any atom is 0.416 e. The molecule has 3 N–H and O–H groups in total. The van der Waals surface area contributed by atoms with Gasteiger partial charge >= 0.3 is 6.18 Å². The fraction of sp³-hybridized carbons (Fsp3) is 0.211. The first-order valence-electron chi connectivity index (χ1n) is 8.46. The van der Waals surface area contributed by atoms with Crippen LogP contribution in [0.3, 0.4) is 0 Å². The summed E-state index contributed by atoms with van der Waals surface area (Å²) in [6.07, 6.45) is -1.19. The summed E-state index contributed by atoms with van der Waals surface area (Å²) in [6.45, 7) is 1.62. The Morgan fingerprint density at radius 1 is 1.11 bits per heavy atom. The Balaban J connectivity index is 1.96. The number of hydrogen-bond donors (Lipinski definition) is 3. The number of rotatable bonds is 6. The highest BCUT2D eigenvalue weighted by Gasteiger charge is 2.30. The molecule has 0 bridgehead atoms. The molecule has 0 aliphatic rings. The van der Waals surface area contributed by atoms with Gasteiger partial charge in [0.25, 0.3) is 0 Å². The summed E-state index contributed by atoms with van der Waals surface area (Å²) in [5.41, 5.74) is 0.736. The van der Waals surface area contributed by atoms with Gasteiger partial charge in [0.15, 0.2) is 0 Å². The molecule has 28 heavy (non-hydrogen) atoms. The van der Waals surface area contributed by atoms with Crippen molar-refractivity contribution in [2.75, 3.05) is 17.2 Å². The second-order valence-corrected chi connectivity index (χ2v) is 6.14. The van der Waals surface area contributed by atoms with E-state index in [-0.39, 0.29) is 24.3 Å². The molecule has 0 aliphatic carbocycles. The lowest BCUT2D eigenvalue weighted by Gasteiger charge is -2.15. The van der Waals surface area contributed by atoms with Crippen molar-refractivity contribution >= 4 is 17.5 Å². The standard InChI is InChI=1S/C19H18F3N5O/c1-12(11-28)24-18-26-16(13-4-3-7-23-10-13)9-17(27-18)25-15-6-2-5-14(8-15)19(20,21)22/h2-10,12,28H,11H2,1H3,(H2,24,25,26,27)/t12-/m1/s1. The first kappa shape index (κ1) is 19.6. The quantitative estimate of drug-likeness (QED) is 0.589. The molecule has 0 aliphatic heterocycles. The van der Waals surface area contributed by atoms with Crippen molar-refractivity contribution in [3.05, 3.63) is 60.4 Å². The Hall–Kier alpha value is -3.20. The van der Waals surface area contributed by atoms with Crippen LogP contribution in [0.15, 0.2) is 54.9 Å². The molecule has 1 aromatic carbocycles. The van der Waals surface area contributed by atoms with Crippen LogP contribution in [0.4, 0.5) is 30.6 Å². The number of aromatic nitrogens is 3. The van der Waals surface area contributed by atoms with Gasteiger partial charge in [-0.3, -0.25) is 4.98 Å². The zero-order valence-corrected chi connectivity index (χ0v) is 14.9. The molecule has 146 valence electrons. The Bertz CT molecular complexity index is 934. The van der Waals surface area contributed by atoms with Crippen LogP contribution in [0.2, 0.25) is 0 Å². The highest BCUT2D eigenvalue weighted by atomic mass is 19.4. The summed E-state index contributed by atoms with van der Waals surface area (Å²) in [4.78, 5) is 12.7. The maximum atomic E-state index is 12.9. The lowest BCUT2D eigenvalue weighted by molar-refractivity contribution is -0.137. The number of aliphatic hydroxyl groups is 1. The Morgan fingerprint density at radius 3 is 2.61 bits per heavy atom. The summed E-state index contributed by atoms with van der Waals surface area (Å²) in [5.74, 6) is 0.540. The smallest absolute Gasteiger partial charge is 0.394 e. The number of alkyl halides is 3. The van der Waals surface area contributed by atoms with E-state index in [9.17, 15) is 18.3 Å². The van der Waals surface area contributed by atoms with Crippen molar-refractivity contribution in [3.63, 3.8) is 0 Å². The third kappa shape index (κ3) is 4.95. The first-order valence-corrected chi connectivity index (χ1v) is 8.46. The van der Waals surface area contributed by atoms with Crippen LogP contribution in [0, 0.1) is 0 Å². The zero-order chi connectivity index (χ0) is 20.1. The molecule has 0 radical (unpaired) electrons. The van der Waals surface area contributed by atoms with Crippen molar-refractivity contribution < 1.29 is 18.3 Å². The first-order chi connectivity index (χ1) is 13.3. The number of anilines is 3. The van der Waals surface area contributed by atoms with E-state index in [1.807, 2.05) is 6.07 Å². The van der Waals surface area contributed by atoms with Gasteiger partial charge in [0.2, 0.25) is 5.95 Å². The molecule has 0 amide bonds. The van der Waals surface area contributed by atoms with E-state index in [2.05, 4.69) is 25.6 Å². The van der Waals surface area contributed by atoms with Gasteiger partial charge in [-0.2, -0.15) is 18.2 Å². The largest absolute Gasteiger partial charge is 0.416 e. The lowest BCUT2D eigenvalue weighted by atomic mass is 10.2. The maximum absolute atomic E-state index is 12.9. The molecule has 2 aromatic heterocycles. The predicted octanol–water partition coefficient (Wildman–Crippen LogP) is 4.09. The van der Waals surface area contributed by atoms with Crippen molar-refractivity contribution in [3.8, 4) is 11.3 Å². The summed E-state index contributed by atoms with van der Waals surface area (Å²) < 4.78 is 38.8. The van der Waals surface area contributed by atoms with Gasteiger partial charge in [0, 0.05) is 35.8 Å². The predicted molar refractivity (Wildman–Crippen MR) is 100 cm³/mol. The molecule has 0 fully saturated rings. The number of nitrogens with one attached hydrogen (secondary N) is 2. The molecule has 1 atom stereocenters. The average molecular weight is 389 g/mol. The van der Waals surface area contributed by atoms with Crippen LogP contribution < -0.4 is 10.6 Å². The number of aliphatic hydroxyl groups excluding tert-OH is 1. The Morgan fingerprint density at radius 2 is 1.93 bits per heavy atom. The summed E-state index contributed by atoms with van der Waals surface area (Å²) in [5, 5.41) is 15.1. The molecule has 0 unspecified atom stereocenters. The highest BCUT2D eigenvalue weighted by molar-refractivity contribution is 5.67. The second kappa shape index (κ2) is 8.22. The van der Waals surface area contributed by atoms with Crippen LogP contribution >= 0.6 is 0 Å². The molecule has 0 saturated carbocycles. The fourth-order valence-electron chi connectivity index (χ4n) is 2.43. The summed E-state index contributed by atoms with van der Waals surface area (Å²) in [6, 6.07) is 9.73.